The summed E-state index contributed by atoms with van der Waals surface area (Å²) in [5.41, 5.74) is 3.11. The van der Waals surface area contributed by atoms with Crippen LogP contribution in [0.25, 0.3) is 17.2 Å². The normalized spacial score (nSPS) is 15.0. The highest BCUT2D eigenvalue weighted by molar-refractivity contribution is 5.94. The topological polar surface area (TPSA) is 53.4 Å². The number of aliphatic hydroxyl groups excluding tert-OH is 1. The Kier molecular flexibility index (Phi) is 5.39. The number of rotatable bonds is 5. The van der Waals surface area contributed by atoms with Crippen LogP contribution in [0.5, 0.6) is 0 Å². The fourth-order valence-electron chi connectivity index (χ4n) is 2.90. The van der Waals surface area contributed by atoms with Gasteiger partial charge >= 0.3 is 0 Å². The maximum absolute atomic E-state index is 11.1. The first-order valence-electron chi connectivity index (χ1n) is 8.39. The predicted molar refractivity (Wildman–Crippen MR) is 96.9 cm³/mol. The number of benzene rings is 1. The molecule has 0 bridgehead atoms. The lowest BCUT2D eigenvalue weighted by atomic mass is 10.0. The summed E-state index contributed by atoms with van der Waals surface area (Å²) in [5.74, 6) is 0.761. The van der Waals surface area contributed by atoms with Crippen LogP contribution in [0.1, 0.15) is 24.8 Å². The van der Waals surface area contributed by atoms with Crippen LogP contribution in [-0.4, -0.2) is 35.6 Å². The molecular formula is C20H22N2O2. The van der Waals surface area contributed by atoms with E-state index >= 15 is 0 Å². The molecule has 4 nitrogen and oxygen atoms in total. The number of piperidine rings is 1. The average molecular weight is 322 g/mol. The van der Waals surface area contributed by atoms with Gasteiger partial charge in [0.2, 0.25) is 0 Å². The molecule has 1 N–H and O–H groups in total. The van der Waals surface area contributed by atoms with Gasteiger partial charge in [-0.15, -0.1) is 0 Å². The van der Waals surface area contributed by atoms with Crippen molar-refractivity contribution in [2.45, 2.75) is 19.3 Å². The number of carbonyl (C=O) groups is 1. The standard InChI is InChI=1S/C20H22N2O2/c23-15-19(24)10-6-16-4-7-17(8-5-16)18-9-11-20(21-14-18)22-12-2-1-3-13-22/h4-11,14,23H,1-3,12-13,15H2/b10-6+. The first kappa shape index (κ1) is 16.4. The molecule has 1 fully saturated rings. The molecule has 2 heterocycles. The van der Waals surface area contributed by atoms with Crippen LogP contribution in [0.4, 0.5) is 5.82 Å². The van der Waals surface area contributed by atoms with Crippen LogP contribution >= 0.6 is 0 Å². The molecule has 0 saturated carbocycles. The zero-order chi connectivity index (χ0) is 16.8. The Morgan fingerprint density at radius 3 is 2.38 bits per heavy atom. The zero-order valence-electron chi connectivity index (χ0n) is 13.7. The van der Waals surface area contributed by atoms with Gasteiger partial charge in [-0.25, -0.2) is 4.98 Å². The molecule has 1 saturated heterocycles. The third-order valence-corrected chi connectivity index (χ3v) is 4.29. The van der Waals surface area contributed by atoms with Crippen molar-refractivity contribution in [2.24, 2.45) is 0 Å². The van der Waals surface area contributed by atoms with Gasteiger partial charge in [0.15, 0.2) is 5.78 Å². The van der Waals surface area contributed by atoms with Gasteiger partial charge in [-0.1, -0.05) is 30.3 Å². The molecule has 0 aliphatic carbocycles. The molecule has 1 aromatic heterocycles. The van der Waals surface area contributed by atoms with E-state index in [2.05, 4.69) is 22.0 Å². The molecule has 1 aromatic carbocycles. The van der Waals surface area contributed by atoms with Crippen LogP contribution in [0.15, 0.2) is 48.7 Å². The van der Waals surface area contributed by atoms with E-state index in [4.69, 9.17) is 5.11 Å². The second kappa shape index (κ2) is 7.88. The molecule has 4 heteroatoms. The zero-order valence-corrected chi connectivity index (χ0v) is 13.7. The summed E-state index contributed by atoms with van der Waals surface area (Å²) in [6.07, 6.45) is 8.84. The smallest absolute Gasteiger partial charge is 0.181 e. The third kappa shape index (κ3) is 4.09. The molecule has 1 aliphatic rings. The monoisotopic (exact) mass is 322 g/mol. The fraction of sp³-hybridized carbons (Fsp3) is 0.300. The minimum atomic E-state index is -0.455. The van der Waals surface area contributed by atoms with Crippen molar-refractivity contribution in [2.75, 3.05) is 24.6 Å². The summed E-state index contributed by atoms with van der Waals surface area (Å²) >= 11 is 0. The molecule has 0 unspecified atom stereocenters. The second-order valence-electron chi connectivity index (χ2n) is 6.03. The molecule has 2 aromatic rings. The molecular weight excluding hydrogens is 300 g/mol. The summed E-state index contributed by atoms with van der Waals surface area (Å²) in [7, 11) is 0. The summed E-state index contributed by atoms with van der Waals surface area (Å²) < 4.78 is 0. The number of nitrogens with zero attached hydrogens (tertiary/aromatic N) is 2. The van der Waals surface area contributed by atoms with E-state index in [0.29, 0.717) is 0 Å². The van der Waals surface area contributed by atoms with Crippen molar-refractivity contribution < 1.29 is 9.90 Å². The van der Waals surface area contributed by atoms with Crippen molar-refractivity contribution >= 4 is 17.7 Å². The molecule has 3 rings (SSSR count). The van der Waals surface area contributed by atoms with Crippen LogP contribution in [0.3, 0.4) is 0 Å². The number of hydrogen-bond donors (Lipinski definition) is 1. The molecule has 24 heavy (non-hydrogen) atoms. The lowest BCUT2D eigenvalue weighted by Gasteiger charge is -2.27. The van der Waals surface area contributed by atoms with Crippen LogP contribution < -0.4 is 4.90 Å². The van der Waals surface area contributed by atoms with E-state index in [1.54, 1.807) is 6.08 Å². The second-order valence-corrected chi connectivity index (χ2v) is 6.03. The summed E-state index contributed by atoms with van der Waals surface area (Å²) in [6.45, 7) is 1.74. The quantitative estimate of drug-likeness (QED) is 0.858. The first-order chi connectivity index (χ1) is 11.8. The van der Waals surface area contributed by atoms with Gasteiger partial charge in [0, 0.05) is 24.8 Å². The number of carbonyl (C=O) groups excluding carboxylic acids is 1. The Bertz CT molecular complexity index is 699. The van der Waals surface area contributed by atoms with Gasteiger partial charge in [0.25, 0.3) is 0 Å². The lowest BCUT2D eigenvalue weighted by molar-refractivity contribution is -0.117. The molecule has 0 spiro atoms. The SMILES string of the molecule is O=C(/C=C/c1ccc(-c2ccc(N3CCCCC3)nc2)cc1)CO. The van der Waals surface area contributed by atoms with E-state index in [1.165, 1.54) is 25.3 Å². The summed E-state index contributed by atoms with van der Waals surface area (Å²) in [4.78, 5) is 18.0. The maximum atomic E-state index is 11.1. The highest BCUT2D eigenvalue weighted by atomic mass is 16.3. The third-order valence-electron chi connectivity index (χ3n) is 4.29. The van der Waals surface area contributed by atoms with Gasteiger partial charge in [0.05, 0.1) is 0 Å². The average Bonchev–Trinajstić information content (AvgIpc) is 2.67. The van der Waals surface area contributed by atoms with Gasteiger partial charge in [-0.2, -0.15) is 0 Å². The fourth-order valence-corrected chi connectivity index (χ4v) is 2.90. The number of aromatic nitrogens is 1. The Morgan fingerprint density at radius 2 is 1.75 bits per heavy atom. The number of pyridine rings is 1. The van der Waals surface area contributed by atoms with Crippen molar-refractivity contribution in [3.05, 3.63) is 54.2 Å². The van der Waals surface area contributed by atoms with E-state index in [0.717, 1.165) is 35.6 Å². The first-order valence-corrected chi connectivity index (χ1v) is 8.39. The molecule has 124 valence electrons. The van der Waals surface area contributed by atoms with Crippen LogP contribution in [0.2, 0.25) is 0 Å². The van der Waals surface area contributed by atoms with Crippen LogP contribution in [0, 0.1) is 0 Å². The van der Waals surface area contributed by atoms with E-state index in [-0.39, 0.29) is 5.78 Å². The summed E-state index contributed by atoms with van der Waals surface area (Å²) in [5, 5.41) is 8.71. The number of ketones is 1. The van der Waals surface area contributed by atoms with Gasteiger partial charge in [-0.05, 0) is 48.6 Å². The lowest BCUT2D eigenvalue weighted by Crippen LogP contribution is -2.29. The number of aliphatic hydroxyl groups is 1. The Labute approximate surface area is 142 Å². The highest BCUT2D eigenvalue weighted by Crippen LogP contribution is 2.23. The minimum Gasteiger partial charge on any atom is -0.388 e. The van der Waals surface area contributed by atoms with Crippen molar-refractivity contribution in [3.63, 3.8) is 0 Å². The number of hydrogen-bond acceptors (Lipinski definition) is 4. The Balaban J connectivity index is 1.70. The minimum absolute atomic E-state index is 0.295. The summed E-state index contributed by atoms with van der Waals surface area (Å²) in [6, 6.07) is 12.1. The Morgan fingerprint density at radius 1 is 1.04 bits per heavy atom. The molecule has 0 atom stereocenters. The van der Waals surface area contributed by atoms with E-state index < -0.39 is 6.61 Å². The van der Waals surface area contributed by atoms with Crippen molar-refractivity contribution in [3.8, 4) is 11.1 Å². The van der Waals surface area contributed by atoms with Crippen molar-refractivity contribution in [1.82, 2.24) is 4.98 Å². The highest BCUT2D eigenvalue weighted by Gasteiger charge is 2.11. The van der Waals surface area contributed by atoms with Crippen LogP contribution in [-0.2, 0) is 4.79 Å². The van der Waals surface area contributed by atoms with Gasteiger partial charge < -0.3 is 10.0 Å². The van der Waals surface area contributed by atoms with E-state index in [9.17, 15) is 4.79 Å². The molecule has 0 amide bonds. The van der Waals surface area contributed by atoms with E-state index in [1.807, 2.05) is 30.5 Å². The Hall–Kier alpha value is -2.46. The molecule has 1 aliphatic heterocycles. The predicted octanol–water partition coefficient (Wildman–Crippen LogP) is 3.31. The van der Waals surface area contributed by atoms with Gasteiger partial charge in [0.1, 0.15) is 12.4 Å². The van der Waals surface area contributed by atoms with Crippen molar-refractivity contribution in [1.29, 1.82) is 0 Å². The molecule has 0 radical (unpaired) electrons. The largest absolute Gasteiger partial charge is 0.388 e. The van der Waals surface area contributed by atoms with Gasteiger partial charge in [-0.3, -0.25) is 4.79 Å². The maximum Gasteiger partial charge on any atom is 0.181 e. The number of anilines is 1.